The van der Waals surface area contributed by atoms with Crippen LogP contribution in [0.4, 0.5) is 0 Å². The van der Waals surface area contributed by atoms with Gasteiger partial charge in [0.2, 0.25) is 6.29 Å². The molecule has 0 aliphatic heterocycles. The molecule has 0 heterocycles. The minimum absolute atomic E-state index is 0.253. The highest BCUT2D eigenvalue weighted by atomic mass is 16.6. The molecule has 0 radical (unpaired) electrons. The standard InChI is InChI=1S/C6H12O5/c1-4(8)6(10)11-3-5(9)2-7/h5-7,9-10H,2-3H2,1H3. The molecule has 0 aliphatic carbocycles. The van der Waals surface area contributed by atoms with E-state index in [4.69, 9.17) is 15.3 Å². The van der Waals surface area contributed by atoms with Gasteiger partial charge in [0.15, 0.2) is 5.78 Å². The average molecular weight is 164 g/mol. The Morgan fingerprint density at radius 2 is 2.09 bits per heavy atom. The molecule has 0 fully saturated rings. The molecule has 0 spiro atoms. The van der Waals surface area contributed by atoms with Crippen molar-refractivity contribution in [3.05, 3.63) is 0 Å². The second kappa shape index (κ2) is 5.20. The lowest BCUT2D eigenvalue weighted by Crippen LogP contribution is -2.28. The van der Waals surface area contributed by atoms with E-state index < -0.39 is 24.8 Å². The molecule has 0 aromatic carbocycles. The molecule has 5 heteroatoms. The summed E-state index contributed by atoms with van der Waals surface area (Å²) in [4.78, 5) is 10.3. The first-order chi connectivity index (χ1) is 5.07. The maximum atomic E-state index is 10.3. The zero-order chi connectivity index (χ0) is 8.85. The monoisotopic (exact) mass is 164 g/mol. The van der Waals surface area contributed by atoms with E-state index >= 15 is 0 Å². The van der Waals surface area contributed by atoms with Gasteiger partial charge < -0.3 is 20.1 Å². The molecule has 0 saturated carbocycles. The molecule has 3 N–H and O–H groups in total. The van der Waals surface area contributed by atoms with Gasteiger partial charge in [0, 0.05) is 0 Å². The summed E-state index contributed by atoms with van der Waals surface area (Å²) in [6, 6.07) is 0. The lowest BCUT2D eigenvalue weighted by molar-refractivity contribution is -0.160. The number of rotatable bonds is 5. The van der Waals surface area contributed by atoms with Crippen molar-refractivity contribution >= 4 is 5.78 Å². The van der Waals surface area contributed by atoms with Crippen LogP contribution in [0.2, 0.25) is 0 Å². The fourth-order valence-electron chi connectivity index (χ4n) is 0.372. The third-order valence-electron chi connectivity index (χ3n) is 1.00. The van der Waals surface area contributed by atoms with Gasteiger partial charge in [0.1, 0.15) is 6.10 Å². The summed E-state index contributed by atoms with van der Waals surface area (Å²) in [5.41, 5.74) is 0. The number of carbonyl (C=O) groups excluding carboxylic acids is 1. The first-order valence-corrected chi connectivity index (χ1v) is 3.17. The molecule has 0 bridgehead atoms. The first-order valence-electron chi connectivity index (χ1n) is 3.17. The maximum absolute atomic E-state index is 10.3. The Morgan fingerprint density at radius 1 is 1.55 bits per heavy atom. The number of aliphatic hydroxyl groups is 3. The van der Waals surface area contributed by atoms with Crippen LogP contribution in [0.1, 0.15) is 6.92 Å². The largest absolute Gasteiger partial charge is 0.394 e. The number of Topliss-reactive ketones (excluding diaryl/α,β-unsaturated/α-hetero) is 1. The van der Waals surface area contributed by atoms with Crippen LogP contribution in [-0.2, 0) is 9.53 Å². The van der Waals surface area contributed by atoms with Gasteiger partial charge in [0.25, 0.3) is 0 Å². The Hall–Kier alpha value is -0.490. The predicted molar refractivity (Wildman–Crippen MR) is 35.7 cm³/mol. The minimum atomic E-state index is -1.50. The number of aliphatic hydroxyl groups excluding tert-OH is 3. The van der Waals surface area contributed by atoms with E-state index in [-0.39, 0.29) is 6.61 Å². The van der Waals surface area contributed by atoms with Gasteiger partial charge >= 0.3 is 0 Å². The Balaban J connectivity index is 3.45. The smallest absolute Gasteiger partial charge is 0.215 e. The third-order valence-corrected chi connectivity index (χ3v) is 1.00. The van der Waals surface area contributed by atoms with E-state index in [0.29, 0.717) is 0 Å². The van der Waals surface area contributed by atoms with Gasteiger partial charge in [-0.2, -0.15) is 0 Å². The lowest BCUT2D eigenvalue weighted by Gasteiger charge is -2.10. The Kier molecular flexibility index (Phi) is 4.97. The Labute approximate surface area is 64.2 Å². The minimum Gasteiger partial charge on any atom is -0.394 e. The Bertz CT molecular complexity index is 124. The van der Waals surface area contributed by atoms with Gasteiger partial charge in [-0.05, 0) is 6.92 Å². The topological polar surface area (TPSA) is 87.0 Å². The van der Waals surface area contributed by atoms with E-state index in [0.717, 1.165) is 6.92 Å². The van der Waals surface area contributed by atoms with E-state index in [1.807, 2.05) is 0 Å². The van der Waals surface area contributed by atoms with Gasteiger partial charge in [-0.25, -0.2) is 0 Å². The van der Waals surface area contributed by atoms with Crippen molar-refractivity contribution in [2.24, 2.45) is 0 Å². The van der Waals surface area contributed by atoms with Crippen molar-refractivity contribution in [1.82, 2.24) is 0 Å². The number of hydrogen-bond donors (Lipinski definition) is 3. The normalized spacial score (nSPS) is 16.0. The molecule has 0 aromatic heterocycles. The molecular formula is C6H12O5. The highest BCUT2D eigenvalue weighted by molar-refractivity contribution is 5.78. The zero-order valence-corrected chi connectivity index (χ0v) is 6.23. The summed E-state index contributed by atoms with van der Waals surface area (Å²) in [7, 11) is 0. The van der Waals surface area contributed by atoms with Crippen LogP contribution >= 0.6 is 0 Å². The average Bonchev–Trinajstić information content (AvgIpc) is 1.99. The van der Waals surface area contributed by atoms with Crippen molar-refractivity contribution in [3.8, 4) is 0 Å². The fraction of sp³-hybridized carbons (Fsp3) is 0.833. The molecule has 11 heavy (non-hydrogen) atoms. The molecule has 0 aromatic rings. The van der Waals surface area contributed by atoms with E-state index in [9.17, 15) is 4.79 Å². The maximum Gasteiger partial charge on any atom is 0.215 e. The number of carbonyl (C=O) groups is 1. The van der Waals surface area contributed by atoms with Crippen molar-refractivity contribution in [1.29, 1.82) is 0 Å². The van der Waals surface area contributed by atoms with Crippen LogP contribution in [0.5, 0.6) is 0 Å². The van der Waals surface area contributed by atoms with Gasteiger partial charge in [-0.3, -0.25) is 4.79 Å². The molecule has 0 amide bonds. The van der Waals surface area contributed by atoms with Gasteiger partial charge in [0.05, 0.1) is 13.2 Å². The second-order valence-electron chi connectivity index (χ2n) is 2.13. The van der Waals surface area contributed by atoms with Crippen molar-refractivity contribution < 1.29 is 24.9 Å². The SMILES string of the molecule is CC(=O)C(O)OCC(O)CO. The van der Waals surface area contributed by atoms with Crippen LogP contribution in [0, 0.1) is 0 Å². The molecule has 2 atom stereocenters. The van der Waals surface area contributed by atoms with Crippen molar-refractivity contribution in [2.75, 3.05) is 13.2 Å². The van der Waals surface area contributed by atoms with Crippen molar-refractivity contribution in [2.45, 2.75) is 19.3 Å². The van der Waals surface area contributed by atoms with Crippen LogP contribution < -0.4 is 0 Å². The summed E-state index contributed by atoms with van der Waals surface area (Å²) in [6.07, 6.45) is -2.56. The van der Waals surface area contributed by atoms with Crippen LogP contribution in [-0.4, -0.2) is 46.7 Å². The number of ether oxygens (including phenoxy) is 1. The van der Waals surface area contributed by atoms with Gasteiger partial charge in [-0.15, -0.1) is 0 Å². The summed E-state index contributed by atoms with van der Waals surface area (Å²) >= 11 is 0. The van der Waals surface area contributed by atoms with Crippen LogP contribution in [0.3, 0.4) is 0 Å². The Morgan fingerprint density at radius 3 is 2.45 bits per heavy atom. The molecular weight excluding hydrogens is 152 g/mol. The molecule has 0 rings (SSSR count). The molecule has 66 valence electrons. The quantitative estimate of drug-likeness (QED) is 0.420. The lowest BCUT2D eigenvalue weighted by atomic mass is 10.4. The van der Waals surface area contributed by atoms with E-state index in [1.165, 1.54) is 0 Å². The van der Waals surface area contributed by atoms with E-state index in [2.05, 4.69) is 4.74 Å². The number of ketones is 1. The van der Waals surface area contributed by atoms with Crippen molar-refractivity contribution in [3.63, 3.8) is 0 Å². The summed E-state index contributed by atoms with van der Waals surface area (Å²) < 4.78 is 4.45. The molecule has 5 nitrogen and oxygen atoms in total. The summed E-state index contributed by atoms with van der Waals surface area (Å²) in [5, 5.41) is 25.7. The highest BCUT2D eigenvalue weighted by Crippen LogP contribution is 1.91. The van der Waals surface area contributed by atoms with Gasteiger partial charge in [-0.1, -0.05) is 0 Å². The molecule has 0 saturated heterocycles. The third kappa shape index (κ3) is 4.86. The van der Waals surface area contributed by atoms with Crippen LogP contribution in [0.15, 0.2) is 0 Å². The highest BCUT2D eigenvalue weighted by Gasteiger charge is 2.11. The number of hydrogen-bond acceptors (Lipinski definition) is 5. The summed E-state index contributed by atoms with van der Waals surface area (Å²) in [6.45, 7) is 0.456. The predicted octanol–water partition coefficient (Wildman–Crippen LogP) is -1.74. The molecule has 0 aliphatic rings. The zero-order valence-electron chi connectivity index (χ0n) is 6.23. The second-order valence-corrected chi connectivity index (χ2v) is 2.13. The molecule has 2 unspecified atom stereocenters. The first kappa shape index (κ1) is 10.5. The van der Waals surface area contributed by atoms with Crippen LogP contribution in [0.25, 0.3) is 0 Å². The summed E-state index contributed by atoms with van der Waals surface area (Å²) in [5.74, 6) is -0.532. The fourth-order valence-corrected chi connectivity index (χ4v) is 0.372. The van der Waals surface area contributed by atoms with E-state index in [1.54, 1.807) is 0 Å².